The van der Waals surface area contributed by atoms with E-state index in [9.17, 15) is 4.79 Å². The van der Waals surface area contributed by atoms with E-state index in [0.717, 1.165) is 19.6 Å². The molecule has 1 N–H and O–H groups in total. The van der Waals surface area contributed by atoms with E-state index >= 15 is 0 Å². The standard InChI is InChI=1S/C9H16N2O2/c1-11-5-8(13-6-9(11)12)7-2-3-10-4-7/h7-8,10H,2-6H2,1H3. The number of hydrogen-bond acceptors (Lipinski definition) is 3. The van der Waals surface area contributed by atoms with Crippen molar-refractivity contribution in [1.82, 2.24) is 10.2 Å². The van der Waals surface area contributed by atoms with Gasteiger partial charge in [-0.1, -0.05) is 0 Å². The van der Waals surface area contributed by atoms with E-state index in [2.05, 4.69) is 5.32 Å². The molecule has 0 radical (unpaired) electrons. The second-order valence-corrected chi connectivity index (χ2v) is 3.88. The minimum Gasteiger partial charge on any atom is -0.366 e. The molecule has 2 unspecified atom stereocenters. The van der Waals surface area contributed by atoms with Crippen molar-refractivity contribution in [2.75, 3.05) is 33.3 Å². The van der Waals surface area contributed by atoms with Gasteiger partial charge in [0.1, 0.15) is 6.61 Å². The molecule has 4 nitrogen and oxygen atoms in total. The first kappa shape index (κ1) is 8.97. The van der Waals surface area contributed by atoms with Crippen LogP contribution in [0.3, 0.4) is 0 Å². The van der Waals surface area contributed by atoms with Crippen molar-refractivity contribution in [2.24, 2.45) is 5.92 Å². The van der Waals surface area contributed by atoms with Crippen molar-refractivity contribution >= 4 is 5.91 Å². The Morgan fingerprint density at radius 3 is 3.08 bits per heavy atom. The SMILES string of the molecule is CN1CC(C2CCNC2)OCC1=O. The van der Waals surface area contributed by atoms with E-state index in [1.165, 1.54) is 6.42 Å². The summed E-state index contributed by atoms with van der Waals surface area (Å²) in [7, 11) is 1.85. The monoisotopic (exact) mass is 184 g/mol. The van der Waals surface area contributed by atoms with Crippen LogP contribution in [0.4, 0.5) is 0 Å². The summed E-state index contributed by atoms with van der Waals surface area (Å²) >= 11 is 0. The summed E-state index contributed by atoms with van der Waals surface area (Å²) in [6.45, 7) is 3.14. The van der Waals surface area contributed by atoms with Crippen LogP contribution >= 0.6 is 0 Å². The van der Waals surface area contributed by atoms with Gasteiger partial charge in [-0.15, -0.1) is 0 Å². The van der Waals surface area contributed by atoms with E-state index in [0.29, 0.717) is 5.92 Å². The lowest BCUT2D eigenvalue weighted by atomic mass is 10.0. The van der Waals surface area contributed by atoms with Gasteiger partial charge in [0.2, 0.25) is 5.91 Å². The Hall–Kier alpha value is -0.610. The van der Waals surface area contributed by atoms with Gasteiger partial charge in [0.05, 0.1) is 6.10 Å². The first-order valence-corrected chi connectivity index (χ1v) is 4.83. The number of likely N-dealkylation sites (N-methyl/N-ethyl adjacent to an activating group) is 1. The maximum atomic E-state index is 11.1. The molecule has 4 heteroatoms. The molecule has 0 bridgehead atoms. The molecule has 2 saturated heterocycles. The van der Waals surface area contributed by atoms with Crippen molar-refractivity contribution in [3.63, 3.8) is 0 Å². The van der Waals surface area contributed by atoms with Crippen LogP contribution in [-0.2, 0) is 9.53 Å². The van der Waals surface area contributed by atoms with Gasteiger partial charge in [0.25, 0.3) is 0 Å². The predicted molar refractivity (Wildman–Crippen MR) is 48.4 cm³/mol. The highest BCUT2D eigenvalue weighted by atomic mass is 16.5. The van der Waals surface area contributed by atoms with E-state index < -0.39 is 0 Å². The van der Waals surface area contributed by atoms with Gasteiger partial charge in [-0.05, 0) is 13.0 Å². The number of ether oxygens (including phenoxy) is 1. The first-order chi connectivity index (χ1) is 6.27. The molecule has 0 aromatic heterocycles. The zero-order valence-electron chi connectivity index (χ0n) is 7.95. The Bertz CT molecular complexity index is 202. The van der Waals surface area contributed by atoms with Gasteiger partial charge in [-0.3, -0.25) is 4.79 Å². The van der Waals surface area contributed by atoms with Crippen molar-refractivity contribution < 1.29 is 9.53 Å². The average Bonchev–Trinajstić information content (AvgIpc) is 2.62. The molecule has 2 aliphatic heterocycles. The lowest BCUT2D eigenvalue weighted by Crippen LogP contribution is -2.47. The summed E-state index contributed by atoms with van der Waals surface area (Å²) in [5, 5.41) is 3.31. The Morgan fingerprint density at radius 1 is 1.62 bits per heavy atom. The lowest BCUT2D eigenvalue weighted by molar-refractivity contribution is -0.149. The fourth-order valence-electron chi connectivity index (χ4n) is 1.99. The Morgan fingerprint density at radius 2 is 2.46 bits per heavy atom. The fourth-order valence-corrected chi connectivity index (χ4v) is 1.99. The van der Waals surface area contributed by atoms with Crippen LogP contribution < -0.4 is 5.32 Å². The number of rotatable bonds is 1. The summed E-state index contributed by atoms with van der Waals surface area (Å²) in [6, 6.07) is 0. The summed E-state index contributed by atoms with van der Waals surface area (Å²) in [6.07, 6.45) is 1.42. The number of nitrogens with zero attached hydrogens (tertiary/aromatic N) is 1. The van der Waals surface area contributed by atoms with Crippen molar-refractivity contribution in [3.8, 4) is 0 Å². The second kappa shape index (κ2) is 3.64. The largest absolute Gasteiger partial charge is 0.366 e. The number of nitrogens with one attached hydrogen (secondary N) is 1. The van der Waals surface area contributed by atoms with Gasteiger partial charge in [-0.25, -0.2) is 0 Å². The minimum absolute atomic E-state index is 0.0993. The zero-order valence-corrected chi connectivity index (χ0v) is 7.95. The van der Waals surface area contributed by atoms with Crippen LogP contribution in [0.15, 0.2) is 0 Å². The molecule has 74 valence electrons. The second-order valence-electron chi connectivity index (χ2n) is 3.88. The van der Waals surface area contributed by atoms with Crippen LogP contribution in [0.5, 0.6) is 0 Å². The molecule has 2 heterocycles. The molecular formula is C9H16N2O2. The molecule has 0 aromatic carbocycles. The Kier molecular flexibility index (Phi) is 2.51. The van der Waals surface area contributed by atoms with E-state index in [-0.39, 0.29) is 18.6 Å². The third-order valence-electron chi connectivity index (χ3n) is 2.92. The molecule has 0 aromatic rings. The van der Waals surface area contributed by atoms with E-state index in [1.54, 1.807) is 4.90 Å². The summed E-state index contributed by atoms with van der Waals surface area (Å²) in [5.74, 6) is 0.692. The molecule has 0 aliphatic carbocycles. The summed E-state index contributed by atoms with van der Waals surface area (Å²) in [4.78, 5) is 12.9. The van der Waals surface area contributed by atoms with E-state index in [1.807, 2.05) is 7.05 Å². The number of amides is 1. The van der Waals surface area contributed by atoms with Crippen molar-refractivity contribution in [1.29, 1.82) is 0 Å². The highest BCUT2D eigenvalue weighted by Gasteiger charge is 2.31. The Balaban J connectivity index is 1.90. The smallest absolute Gasteiger partial charge is 0.248 e. The molecule has 0 saturated carbocycles. The van der Waals surface area contributed by atoms with E-state index in [4.69, 9.17) is 4.74 Å². The lowest BCUT2D eigenvalue weighted by Gasteiger charge is -2.33. The topological polar surface area (TPSA) is 41.6 Å². The van der Waals surface area contributed by atoms with Gasteiger partial charge in [0.15, 0.2) is 0 Å². The molecule has 2 atom stereocenters. The maximum Gasteiger partial charge on any atom is 0.248 e. The van der Waals surface area contributed by atoms with Crippen LogP contribution in [0.1, 0.15) is 6.42 Å². The van der Waals surface area contributed by atoms with Crippen LogP contribution in [0, 0.1) is 5.92 Å². The number of hydrogen-bond donors (Lipinski definition) is 1. The highest BCUT2D eigenvalue weighted by molar-refractivity contribution is 5.77. The molecule has 0 spiro atoms. The third kappa shape index (κ3) is 1.84. The summed E-state index contributed by atoms with van der Waals surface area (Å²) in [5.41, 5.74) is 0. The average molecular weight is 184 g/mol. The maximum absolute atomic E-state index is 11.1. The number of morpholine rings is 1. The molecule has 2 fully saturated rings. The molecule has 1 amide bonds. The van der Waals surface area contributed by atoms with Crippen LogP contribution in [0.25, 0.3) is 0 Å². The normalized spacial score (nSPS) is 35.5. The third-order valence-corrected chi connectivity index (χ3v) is 2.92. The number of carbonyl (C=O) groups excluding carboxylic acids is 1. The Labute approximate surface area is 78.2 Å². The molecular weight excluding hydrogens is 168 g/mol. The van der Waals surface area contributed by atoms with Crippen LogP contribution in [0.2, 0.25) is 0 Å². The fraction of sp³-hybridized carbons (Fsp3) is 0.889. The molecule has 13 heavy (non-hydrogen) atoms. The summed E-state index contributed by atoms with van der Waals surface area (Å²) < 4.78 is 5.51. The van der Waals surface area contributed by atoms with Crippen LogP contribution in [-0.4, -0.2) is 50.2 Å². The quantitative estimate of drug-likeness (QED) is 0.594. The van der Waals surface area contributed by atoms with Crippen molar-refractivity contribution in [2.45, 2.75) is 12.5 Å². The van der Waals surface area contributed by atoms with Gasteiger partial charge in [-0.2, -0.15) is 0 Å². The predicted octanol–water partition coefficient (Wildman–Crippen LogP) is -0.547. The molecule has 2 rings (SSSR count). The first-order valence-electron chi connectivity index (χ1n) is 4.83. The zero-order chi connectivity index (χ0) is 9.26. The van der Waals surface area contributed by atoms with Gasteiger partial charge < -0.3 is 15.0 Å². The minimum atomic E-state index is 0.0993. The number of carbonyl (C=O) groups is 1. The molecule has 2 aliphatic rings. The van der Waals surface area contributed by atoms with Gasteiger partial charge >= 0.3 is 0 Å². The van der Waals surface area contributed by atoms with Gasteiger partial charge in [0, 0.05) is 26.1 Å². The highest BCUT2D eigenvalue weighted by Crippen LogP contribution is 2.19. The van der Waals surface area contributed by atoms with Crippen molar-refractivity contribution in [3.05, 3.63) is 0 Å².